The normalized spacial score (nSPS) is 15.8. The van der Waals surface area contributed by atoms with Crippen molar-refractivity contribution in [3.8, 4) is 11.5 Å². The van der Waals surface area contributed by atoms with Crippen molar-refractivity contribution in [2.24, 2.45) is 0 Å². The Hall–Kier alpha value is -5.68. The van der Waals surface area contributed by atoms with E-state index in [1.165, 1.54) is 0 Å². The fraction of sp³-hybridized carbons (Fsp3) is 0.300. The largest absolute Gasteiger partial charge is 0.489 e. The number of esters is 2. The summed E-state index contributed by atoms with van der Waals surface area (Å²) in [6.07, 6.45) is -1.98. The van der Waals surface area contributed by atoms with E-state index < -0.39 is 48.0 Å². The summed E-state index contributed by atoms with van der Waals surface area (Å²) < 4.78 is 27.5. The Bertz CT molecular complexity index is 1600. The highest BCUT2D eigenvalue weighted by Crippen LogP contribution is 2.24. The average molecular weight is 695 g/mol. The van der Waals surface area contributed by atoms with Gasteiger partial charge in [0, 0.05) is 12.8 Å². The van der Waals surface area contributed by atoms with Gasteiger partial charge in [0.05, 0.1) is 13.2 Å². The maximum absolute atomic E-state index is 13.1. The molecule has 4 aromatic carbocycles. The third-order valence-corrected chi connectivity index (χ3v) is 8.01. The maximum atomic E-state index is 13.1. The fourth-order valence-electron chi connectivity index (χ4n) is 5.29. The van der Waals surface area contributed by atoms with Gasteiger partial charge in [-0.25, -0.2) is 9.59 Å². The maximum Gasteiger partial charge on any atom is 0.328 e. The minimum atomic E-state index is -1.14. The lowest BCUT2D eigenvalue weighted by molar-refractivity contribution is -0.148. The summed E-state index contributed by atoms with van der Waals surface area (Å²) in [5.41, 5.74) is 3.60. The van der Waals surface area contributed by atoms with Crippen LogP contribution in [0, 0.1) is 0 Å². The van der Waals surface area contributed by atoms with Gasteiger partial charge in [-0.3, -0.25) is 9.59 Å². The van der Waals surface area contributed by atoms with Crippen LogP contribution in [0.3, 0.4) is 0 Å². The fourth-order valence-corrected chi connectivity index (χ4v) is 5.29. The summed E-state index contributed by atoms with van der Waals surface area (Å²) in [6, 6.07) is 31.9. The second-order valence-electron chi connectivity index (χ2n) is 11.8. The first-order valence-electron chi connectivity index (χ1n) is 16.9. The van der Waals surface area contributed by atoms with Crippen molar-refractivity contribution in [2.45, 2.75) is 64.2 Å². The molecule has 1 fully saturated rings. The Morgan fingerprint density at radius 3 is 1.27 bits per heavy atom. The van der Waals surface area contributed by atoms with Crippen molar-refractivity contribution in [1.82, 2.24) is 10.6 Å². The topological polar surface area (TPSA) is 142 Å². The van der Waals surface area contributed by atoms with Crippen LogP contribution in [0.25, 0.3) is 0 Å². The van der Waals surface area contributed by atoms with E-state index in [9.17, 15) is 19.2 Å². The highest BCUT2D eigenvalue weighted by Gasteiger charge is 2.51. The van der Waals surface area contributed by atoms with Gasteiger partial charge in [-0.05, 0) is 60.4 Å². The number of epoxide rings is 1. The van der Waals surface area contributed by atoms with Gasteiger partial charge in [0.25, 0.3) is 11.8 Å². The molecular weight excluding hydrogens is 652 g/mol. The van der Waals surface area contributed by atoms with Crippen LogP contribution in [0.1, 0.15) is 36.1 Å². The molecule has 11 heteroatoms. The first-order valence-corrected chi connectivity index (χ1v) is 16.9. The zero-order valence-corrected chi connectivity index (χ0v) is 28.6. The Kier molecular flexibility index (Phi) is 13.2. The minimum Gasteiger partial charge on any atom is -0.489 e. The van der Waals surface area contributed by atoms with Crippen molar-refractivity contribution in [1.29, 1.82) is 0 Å². The molecule has 266 valence electrons. The predicted molar refractivity (Wildman–Crippen MR) is 188 cm³/mol. The Morgan fingerprint density at radius 1 is 0.549 bits per heavy atom. The molecule has 2 amide bonds. The molecule has 0 unspecified atom stereocenters. The van der Waals surface area contributed by atoms with E-state index in [1.54, 1.807) is 38.1 Å². The first-order chi connectivity index (χ1) is 24.8. The number of nitrogens with one attached hydrogen (secondary N) is 2. The Balaban J connectivity index is 1.14. The highest BCUT2D eigenvalue weighted by atomic mass is 16.6. The molecule has 4 atom stereocenters. The van der Waals surface area contributed by atoms with E-state index in [0.717, 1.165) is 22.3 Å². The summed E-state index contributed by atoms with van der Waals surface area (Å²) in [6.45, 7) is 4.43. The number of rotatable bonds is 18. The molecule has 1 aliphatic heterocycles. The van der Waals surface area contributed by atoms with Gasteiger partial charge < -0.3 is 34.3 Å². The van der Waals surface area contributed by atoms with E-state index in [1.807, 2.05) is 84.9 Å². The van der Waals surface area contributed by atoms with Crippen LogP contribution in [-0.4, -0.2) is 61.3 Å². The third-order valence-electron chi connectivity index (χ3n) is 8.01. The molecule has 0 aliphatic carbocycles. The number of amides is 2. The monoisotopic (exact) mass is 694 g/mol. The molecule has 0 aromatic heterocycles. The molecule has 0 bridgehead atoms. The zero-order valence-electron chi connectivity index (χ0n) is 28.6. The van der Waals surface area contributed by atoms with E-state index >= 15 is 0 Å². The van der Waals surface area contributed by atoms with E-state index in [2.05, 4.69) is 10.6 Å². The molecule has 1 saturated heterocycles. The van der Waals surface area contributed by atoms with Crippen molar-refractivity contribution in [3.05, 3.63) is 131 Å². The van der Waals surface area contributed by atoms with Gasteiger partial charge in [-0.2, -0.15) is 0 Å². The molecule has 4 aromatic rings. The average Bonchev–Trinajstić information content (AvgIpc) is 3.96. The first kappa shape index (κ1) is 36.6. The van der Waals surface area contributed by atoms with Crippen LogP contribution >= 0.6 is 0 Å². The number of ether oxygens (including phenoxy) is 5. The van der Waals surface area contributed by atoms with Gasteiger partial charge in [-0.15, -0.1) is 0 Å². The molecule has 51 heavy (non-hydrogen) atoms. The molecule has 0 spiro atoms. The van der Waals surface area contributed by atoms with Crippen molar-refractivity contribution < 1.29 is 42.9 Å². The molecule has 0 saturated carbocycles. The Morgan fingerprint density at radius 2 is 0.922 bits per heavy atom. The quantitative estimate of drug-likeness (QED) is 0.114. The van der Waals surface area contributed by atoms with E-state index in [0.29, 0.717) is 24.7 Å². The number of hydrogen-bond acceptors (Lipinski definition) is 9. The highest BCUT2D eigenvalue weighted by molar-refractivity contribution is 5.97. The summed E-state index contributed by atoms with van der Waals surface area (Å²) in [5, 5.41) is 5.33. The van der Waals surface area contributed by atoms with Crippen LogP contribution in [0.2, 0.25) is 0 Å². The lowest BCUT2D eigenvalue weighted by Crippen LogP contribution is -2.48. The molecule has 1 aliphatic rings. The third kappa shape index (κ3) is 11.2. The second-order valence-corrected chi connectivity index (χ2v) is 11.8. The SMILES string of the molecule is CCOC(=O)[C@H](Cc1ccc(OCc2ccccc2)cc1)NC(=O)[C@H]1O[C@@H]1C(=O)N[C@@H](Cc1ccc(OCc2ccccc2)cc1)C(=O)OCC. The predicted octanol–water partition coefficient (Wildman–Crippen LogP) is 4.49. The second kappa shape index (κ2) is 18.4. The summed E-state index contributed by atoms with van der Waals surface area (Å²) >= 11 is 0. The van der Waals surface area contributed by atoms with Crippen LogP contribution in [0.5, 0.6) is 11.5 Å². The molecule has 0 radical (unpaired) electrons. The van der Waals surface area contributed by atoms with Crippen LogP contribution in [-0.2, 0) is 59.4 Å². The van der Waals surface area contributed by atoms with Crippen molar-refractivity contribution in [2.75, 3.05) is 13.2 Å². The molecule has 5 rings (SSSR count). The van der Waals surface area contributed by atoms with Crippen molar-refractivity contribution >= 4 is 23.8 Å². The van der Waals surface area contributed by atoms with Gasteiger partial charge in [0.1, 0.15) is 36.8 Å². The van der Waals surface area contributed by atoms with E-state index in [4.69, 9.17) is 23.7 Å². The summed E-state index contributed by atoms with van der Waals surface area (Å²) in [5.74, 6) is -1.20. The van der Waals surface area contributed by atoms with Gasteiger partial charge in [-0.1, -0.05) is 84.9 Å². The standard InChI is InChI=1S/C40H42N2O9/c1-3-47-39(45)33(23-27-15-19-31(20-16-27)49-25-29-11-7-5-8-12-29)41-37(43)35-36(51-35)38(44)42-34(40(46)48-4-2)24-28-17-21-32(22-18-28)50-26-30-13-9-6-10-14-30/h5-22,33-36H,3-4,23-26H2,1-2H3,(H,41,43)(H,42,44)/t33-,34-,35-,36-/m0/s1. The number of hydrogen-bond donors (Lipinski definition) is 2. The molecule has 11 nitrogen and oxygen atoms in total. The molecule has 2 N–H and O–H groups in total. The molecule has 1 heterocycles. The lowest BCUT2D eigenvalue weighted by Gasteiger charge is -2.18. The smallest absolute Gasteiger partial charge is 0.328 e. The number of benzene rings is 4. The summed E-state index contributed by atoms with van der Waals surface area (Å²) in [7, 11) is 0. The lowest BCUT2D eigenvalue weighted by atomic mass is 10.0. The number of carbonyl (C=O) groups is 4. The zero-order chi connectivity index (χ0) is 36.0. The van der Waals surface area contributed by atoms with Crippen LogP contribution in [0.4, 0.5) is 0 Å². The molecular formula is C40H42N2O9. The van der Waals surface area contributed by atoms with Gasteiger partial charge in [0.2, 0.25) is 0 Å². The van der Waals surface area contributed by atoms with Crippen LogP contribution < -0.4 is 20.1 Å². The van der Waals surface area contributed by atoms with Crippen LogP contribution in [0.15, 0.2) is 109 Å². The minimum absolute atomic E-state index is 0.126. The van der Waals surface area contributed by atoms with Crippen molar-refractivity contribution in [3.63, 3.8) is 0 Å². The van der Waals surface area contributed by atoms with Gasteiger partial charge in [0.15, 0.2) is 12.2 Å². The Labute approximate surface area is 297 Å². The van der Waals surface area contributed by atoms with E-state index in [-0.39, 0.29) is 26.1 Å². The summed E-state index contributed by atoms with van der Waals surface area (Å²) in [4.78, 5) is 51.9. The number of carbonyl (C=O) groups excluding carboxylic acids is 4. The van der Waals surface area contributed by atoms with Gasteiger partial charge >= 0.3 is 11.9 Å².